The first-order valence-electron chi connectivity index (χ1n) is 10.7. The van der Waals surface area contributed by atoms with Crippen molar-refractivity contribution in [1.29, 1.82) is 0 Å². The third-order valence-electron chi connectivity index (χ3n) is 5.77. The average molecular weight is 451 g/mol. The molecule has 7 nitrogen and oxygen atoms in total. The second kappa shape index (κ2) is 9.36. The molecule has 172 valence electrons. The molecular formula is C25H26FN3O4. The Kier molecular flexibility index (Phi) is 6.35. The number of aromatic nitrogens is 1. The van der Waals surface area contributed by atoms with Crippen molar-refractivity contribution in [2.24, 2.45) is 11.7 Å². The minimum atomic E-state index is -0.610. The van der Waals surface area contributed by atoms with Gasteiger partial charge in [0.25, 0.3) is 5.91 Å². The summed E-state index contributed by atoms with van der Waals surface area (Å²) in [6, 6.07) is 13.3. The fourth-order valence-electron chi connectivity index (χ4n) is 4.05. The third kappa shape index (κ3) is 4.84. The Balaban J connectivity index is 1.49. The summed E-state index contributed by atoms with van der Waals surface area (Å²) in [6.45, 7) is 4.88. The molecule has 0 radical (unpaired) electrons. The monoisotopic (exact) mass is 451 g/mol. The van der Waals surface area contributed by atoms with Crippen LogP contribution in [0.15, 0.2) is 48.5 Å². The molecule has 2 heterocycles. The number of ether oxygens (including phenoxy) is 2. The highest BCUT2D eigenvalue weighted by molar-refractivity contribution is 5.96. The SMILES string of the molecule is Cc1cc(C(=O)NCC(Cc2ccc(F)cc2)C(N)=O)c(C)n1-c1ccc2c(c1)OCCO2. The second-order valence-corrected chi connectivity index (χ2v) is 8.09. The number of hydrogen-bond donors (Lipinski definition) is 2. The number of carbonyl (C=O) groups is 2. The third-order valence-corrected chi connectivity index (χ3v) is 5.77. The number of primary amides is 1. The van der Waals surface area contributed by atoms with Crippen molar-refractivity contribution in [2.45, 2.75) is 20.3 Å². The normalized spacial score (nSPS) is 13.4. The summed E-state index contributed by atoms with van der Waals surface area (Å²) in [7, 11) is 0. The highest BCUT2D eigenvalue weighted by Crippen LogP contribution is 2.33. The molecule has 1 aliphatic rings. The first kappa shape index (κ1) is 22.4. The van der Waals surface area contributed by atoms with E-state index in [1.165, 1.54) is 12.1 Å². The van der Waals surface area contributed by atoms with Gasteiger partial charge in [-0.05, 0) is 56.2 Å². The molecule has 0 bridgehead atoms. The molecule has 1 atom stereocenters. The molecular weight excluding hydrogens is 425 g/mol. The predicted octanol–water partition coefficient (Wildman–Crippen LogP) is 3.08. The van der Waals surface area contributed by atoms with E-state index in [0.717, 1.165) is 22.6 Å². The maximum Gasteiger partial charge on any atom is 0.253 e. The standard InChI is InChI=1S/C25H26FN3O4/c1-15-11-21(16(2)29(15)20-7-8-22-23(13-20)33-10-9-32-22)25(31)28-14-18(24(27)30)12-17-3-5-19(26)6-4-17/h3-8,11,13,18H,9-10,12,14H2,1-2H3,(H2,27,30)(H,28,31). The molecule has 4 rings (SSSR count). The lowest BCUT2D eigenvalue weighted by atomic mass is 9.98. The molecule has 3 N–H and O–H groups in total. The number of rotatable bonds is 7. The summed E-state index contributed by atoms with van der Waals surface area (Å²) in [6.07, 6.45) is 0.312. The van der Waals surface area contributed by atoms with Gasteiger partial charge in [-0.1, -0.05) is 12.1 Å². The number of nitrogens with zero attached hydrogens (tertiary/aromatic N) is 1. The van der Waals surface area contributed by atoms with E-state index in [2.05, 4.69) is 5.32 Å². The van der Waals surface area contributed by atoms with Crippen molar-refractivity contribution in [2.75, 3.05) is 19.8 Å². The zero-order valence-corrected chi connectivity index (χ0v) is 18.6. The van der Waals surface area contributed by atoms with Crippen LogP contribution in [-0.4, -0.2) is 36.1 Å². The summed E-state index contributed by atoms with van der Waals surface area (Å²) in [5.41, 5.74) is 9.32. The topological polar surface area (TPSA) is 95.6 Å². The molecule has 33 heavy (non-hydrogen) atoms. The molecule has 0 saturated heterocycles. The Labute approximate surface area is 191 Å². The fourth-order valence-corrected chi connectivity index (χ4v) is 4.05. The van der Waals surface area contributed by atoms with Crippen LogP contribution in [0, 0.1) is 25.6 Å². The number of nitrogens with two attached hydrogens (primary N) is 1. The smallest absolute Gasteiger partial charge is 0.253 e. The van der Waals surface area contributed by atoms with Crippen molar-refractivity contribution >= 4 is 11.8 Å². The first-order valence-corrected chi connectivity index (χ1v) is 10.7. The molecule has 2 aromatic carbocycles. The van der Waals surface area contributed by atoms with Gasteiger partial charge in [-0.3, -0.25) is 9.59 Å². The van der Waals surface area contributed by atoms with Crippen LogP contribution in [0.1, 0.15) is 27.3 Å². The van der Waals surface area contributed by atoms with Crippen LogP contribution in [-0.2, 0) is 11.2 Å². The van der Waals surface area contributed by atoms with Gasteiger partial charge in [0.2, 0.25) is 5.91 Å². The Morgan fingerprint density at radius 2 is 1.76 bits per heavy atom. The summed E-state index contributed by atoms with van der Waals surface area (Å²) >= 11 is 0. The lowest BCUT2D eigenvalue weighted by Gasteiger charge is -2.20. The van der Waals surface area contributed by atoms with E-state index in [1.54, 1.807) is 18.2 Å². The summed E-state index contributed by atoms with van der Waals surface area (Å²) in [4.78, 5) is 24.9. The van der Waals surface area contributed by atoms with Gasteiger partial charge < -0.3 is 25.1 Å². The lowest BCUT2D eigenvalue weighted by Crippen LogP contribution is -2.37. The largest absolute Gasteiger partial charge is 0.486 e. The number of benzene rings is 2. The van der Waals surface area contributed by atoms with Crippen molar-refractivity contribution in [3.05, 3.63) is 76.9 Å². The molecule has 2 amide bonds. The van der Waals surface area contributed by atoms with Crippen molar-refractivity contribution in [3.8, 4) is 17.2 Å². The van der Waals surface area contributed by atoms with E-state index < -0.39 is 11.8 Å². The number of carbonyl (C=O) groups excluding carboxylic acids is 2. The van der Waals surface area contributed by atoms with Crippen LogP contribution in [0.25, 0.3) is 5.69 Å². The van der Waals surface area contributed by atoms with Gasteiger partial charge in [-0.2, -0.15) is 0 Å². The molecule has 1 aromatic heterocycles. The fraction of sp³-hybridized carbons (Fsp3) is 0.280. The molecule has 1 aliphatic heterocycles. The highest BCUT2D eigenvalue weighted by atomic mass is 19.1. The first-order chi connectivity index (χ1) is 15.8. The Morgan fingerprint density at radius 1 is 1.06 bits per heavy atom. The van der Waals surface area contributed by atoms with Crippen LogP contribution in [0.4, 0.5) is 4.39 Å². The molecule has 8 heteroatoms. The molecule has 0 spiro atoms. The number of halogens is 1. The number of nitrogens with one attached hydrogen (secondary N) is 1. The second-order valence-electron chi connectivity index (χ2n) is 8.09. The van der Waals surface area contributed by atoms with E-state index in [-0.39, 0.29) is 18.3 Å². The Morgan fingerprint density at radius 3 is 2.45 bits per heavy atom. The van der Waals surface area contributed by atoms with Crippen molar-refractivity contribution in [3.63, 3.8) is 0 Å². The zero-order valence-electron chi connectivity index (χ0n) is 18.6. The summed E-state index contributed by atoms with van der Waals surface area (Å²) < 4.78 is 26.4. The number of amides is 2. The Bertz CT molecular complexity index is 1190. The summed E-state index contributed by atoms with van der Waals surface area (Å²) in [5, 5.41) is 2.82. The van der Waals surface area contributed by atoms with Gasteiger partial charge in [0.05, 0.1) is 11.5 Å². The molecule has 1 unspecified atom stereocenters. The van der Waals surface area contributed by atoms with Crippen LogP contribution in [0.3, 0.4) is 0 Å². The minimum absolute atomic E-state index is 0.0826. The minimum Gasteiger partial charge on any atom is -0.486 e. The van der Waals surface area contributed by atoms with Gasteiger partial charge in [0, 0.05) is 29.7 Å². The Hall–Kier alpha value is -3.81. The maximum atomic E-state index is 13.1. The lowest BCUT2D eigenvalue weighted by molar-refractivity contribution is -0.121. The van der Waals surface area contributed by atoms with Gasteiger partial charge in [0.1, 0.15) is 19.0 Å². The number of fused-ring (bicyclic) bond motifs is 1. The molecule has 3 aromatic rings. The van der Waals surface area contributed by atoms with E-state index in [1.807, 2.05) is 36.6 Å². The van der Waals surface area contributed by atoms with Crippen LogP contribution < -0.4 is 20.5 Å². The van der Waals surface area contributed by atoms with Crippen LogP contribution in [0.5, 0.6) is 11.5 Å². The maximum absolute atomic E-state index is 13.1. The highest BCUT2D eigenvalue weighted by Gasteiger charge is 2.22. The quantitative estimate of drug-likeness (QED) is 0.577. The number of aryl methyl sites for hydroxylation is 1. The van der Waals surface area contributed by atoms with E-state index in [9.17, 15) is 14.0 Å². The van der Waals surface area contributed by atoms with Gasteiger partial charge in [-0.15, -0.1) is 0 Å². The van der Waals surface area contributed by atoms with Crippen LogP contribution in [0.2, 0.25) is 0 Å². The van der Waals surface area contributed by atoms with E-state index >= 15 is 0 Å². The van der Waals surface area contributed by atoms with Crippen molar-refractivity contribution < 1.29 is 23.5 Å². The predicted molar refractivity (Wildman–Crippen MR) is 121 cm³/mol. The number of hydrogen-bond acceptors (Lipinski definition) is 4. The van der Waals surface area contributed by atoms with Crippen LogP contribution >= 0.6 is 0 Å². The van der Waals surface area contributed by atoms with Crippen molar-refractivity contribution in [1.82, 2.24) is 9.88 Å². The van der Waals surface area contributed by atoms with Gasteiger partial charge in [0.15, 0.2) is 11.5 Å². The molecule has 0 aliphatic carbocycles. The molecule has 0 saturated carbocycles. The molecule has 0 fully saturated rings. The average Bonchev–Trinajstić information content (AvgIpc) is 3.11. The van der Waals surface area contributed by atoms with E-state index in [0.29, 0.717) is 36.7 Å². The van der Waals surface area contributed by atoms with Gasteiger partial charge in [-0.25, -0.2) is 4.39 Å². The zero-order chi connectivity index (χ0) is 23.5. The summed E-state index contributed by atoms with van der Waals surface area (Å²) in [5.74, 6) is -0.415. The van der Waals surface area contributed by atoms with E-state index in [4.69, 9.17) is 15.2 Å². The van der Waals surface area contributed by atoms with Gasteiger partial charge >= 0.3 is 0 Å².